The van der Waals surface area contributed by atoms with Gasteiger partial charge in [-0.3, -0.25) is 9.59 Å². The summed E-state index contributed by atoms with van der Waals surface area (Å²) in [7, 11) is 1.55. The third-order valence-corrected chi connectivity index (χ3v) is 3.13. The highest BCUT2D eigenvalue weighted by Gasteiger charge is 2.13. The van der Waals surface area contributed by atoms with Crippen molar-refractivity contribution in [1.29, 1.82) is 0 Å². The Morgan fingerprint density at radius 2 is 1.91 bits per heavy atom. The van der Waals surface area contributed by atoms with Gasteiger partial charge in [-0.15, -0.1) is 0 Å². The monoisotopic (exact) mass is 331 g/mol. The molecule has 0 fully saturated rings. The second kappa shape index (κ2) is 7.95. The lowest BCUT2D eigenvalue weighted by Gasteiger charge is -2.05. The minimum atomic E-state index is -0.899. The standard InChI is InChI=1S/C16H14ClN3O3/c1-23-12-6-4-5-11(9-12)10-18-20-16(22)15(21)19-14-8-3-2-7-13(14)17/h2-10H,1H3,(H,19,21)(H,20,22). The summed E-state index contributed by atoms with van der Waals surface area (Å²) in [5.41, 5.74) is 3.21. The van der Waals surface area contributed by atoms with Crippen LogP contribution in [-0.2, 0) is 9.59 Å². The maximum absolute atomic E-state index is 11.7. The number of rotatable bonds is 4. The molecule has 23 heavy (non-hydrogen) atoms. The fourth-order valence-electron chi connectivity index (χ4n) is 1.68. The van der Waals surface area contributed by atoms with Crippen LogP contribution in [0.2, 0.25) is 5.02 Å². The van der Waals surface area contributed by atoms with E-state index in [-0.39, 0.29) is 0 Å². The van der Waals surface area contributed by atoms with Crippen molar-refractivity contribution in [2.24, 2.45) is 5.10 Å². The molecule has 0 radical (unpaired) electrons. The van der Waals surface area contributed by atoms with E-state index in [2.05, 4.69) is 15.8 Å². The van der Waals surface area contributed by atoms with Crippen LogP contribution in [0.5, 0.6) is 5.75 Å². The molecular formula is C16H14ClN3O3. The number of para-hydroxylation sites is 1. The summed E-state index contributed by atoms with van der Waals surface area (Å²) >= 11 is 5.90. The van der Waals surface area contributed by atoms with Gasteiger partial charge in [-0.25, -0.2) is 5.43 Å². The van der Waals surface area contributed by atoms with Crippen LogP contribution >= 0.6 is 11.6 Å². The first-order chi connectivity index (χ1) is 11.1. The maximum Gasteiger partial charge on any atom is 0.329 e. The lowest BCUT2D eigenvalue weighted by Crippen LogP contribution is -2.32. The van der Waals surface area contributed by atoms with Crippen LogP contribution < -0.4 is 15.5 Å². The van der Waals surface area contributed by atoms with E-state index in [9.17, 15) is 9.59 Å². The zero-order chi connectivity index (χ0) is 16.7. The summed E-state index contributed by atoms with van der Waals surface area (Å²) in [6.45, 7) is 0. The number of benzene rings is 2. The average Bonchev–Trinajstić information content (AvgIpc) is 2.57. The third kappa shape index (κ3) is 4.82. The highest BCUT2D eigenvalue weighted by atomic mass is 35.5. The van der Waals surface area contributed by atoms with Gasteiger partial charge in [0.25, 0.3) is 0 Å². The van der Waals surface area contributed by atoms with Crippen molar-refractivity contribution in [3.05, 3.63) is 59.1 Å². The fraction of sp³-hybridized carbons (Fsp3) is 0.0625. The first-order valence-corrected chi connectivity index (χ1v) is 7.01. The van der Waals surface area contributed by atoms with E-state index in [1.165, 1.54) is 6.21 Å². The van der Waals surface area contributed by atoms with E-state index in [0.717, 1.165) is 5.56 Å². The highest BCUT2D eigenvalue weighted by molar-refractivity contribution is 6.41. The highest BCUT2D eigenvalue weighted by Crippen LogP contribution is 2.20. The number of methoxy groups -OCH3 is 1. The molecule has 2 amide bonds. The number of anilines is 1. The van der Waals surface area contributed by atoms with Gasteiger partial charge in [0.15, 0.2) is 0 Å². The molecule has 0 saturated carbocycles. The Morgan fingerprint density at radius 1 is 1.13 bits per heavy atom. The molecule has 0 saturated heterocycles. The van der Waals surface area contributed by atoms with Crippen LogP contribution in [0.3, 0.4) is 0 Å². The van der Waals surface area contributed by atoms with E-state index < -0.39 is 11.8 Å². The predicted molar refractivity (Wildman–Crippen MR) is 88.8 cm³/mol. The second-order valence-electron chi connectivity index (χ2n) is 4.41. The number of hydrogen-bond donors (Lipinski definition) is 2. The Morgan fingerprint density at radius 3 is 2.65 bits per heavy atom. The SMILES string of the molecule is COc1cccc(C=NNC(=O)C(=O)Nc2ccccc2Cl)c1. The minimum Gasteiger partial charge on any atom is -0.497 e. The third-order valence-electron chi connectivity index (χ3n) is 2.80. The zero-order valence-electron chi connectivity index (χ0n) is 12.2. The van der Waals surface area contributed by atoms with E-state index in [4.69, 9.17) is 16.3 Å². The minimum absolute atomic E-state index is 0.341. The lowest BCUT2D eigenvalue weighted by atomic mass is 10.2. The summed E-state index contributed by atoms with van der Waals surface area (Å²) in [6, 6.07) is 13.7. The van der Waals surface area contributed by atoms with Gasteiger partial charge < -0.3 is 10.1 Å². The first kappa shape index (κ1) is 16.5. The number of hydrazone groups is 1. The zero-order valence-corrected chi connectivity index (χ0v) is 13.0. The van der Waals surface area contributed by atoms with Crippen molar-refractivity contribution in [3.8, 4) is 5.75 Å². The summed E-state index contributed by atoms with van der Waals surface area (Å²) in [5.74, 6) is -1.10. The molecule has 0 aliphatic carbocycles. The Labute approximate surface area is 138 Å². The molecule has 2 rings (SSSR count). The van der Waals surface area contributed by atoms with E-state index in [0.29, 0.717) is 16.5 Å². The van der Waals surface area contributed by atoms with Crippen LogP contribution in [0.4, 0.5) is 5.69 Å². The molecule has 0 aliphatic rings. The number of ether oxygens (including phenoxy) is 1. The normalized spacial score (nSPS) is 10.3. The smallest absolute Gasteiger partial charge is 0.329 e. The molecule has 0 aromatic heterocycles. The molecule has 6 nitrogen and oxygen atoms in total. The second-order valence-corrected chi connectivity index (χ2v) is 4.82. The molecule has 0 spiro atoms. The van der Waals surface area contributed by atoms with Crippen molar-refractivity contribution < 1.29 is 14.3 Å². The Bertz CT molecular complexity index is 747. The Balaban J connectivity index is 1.92. The maximum atomic E-state index is 11.7. The van der Waals surface area contributed by atoms with Crippen molar-refractivity contribution in [3.63, 3.8) is 0 Å². The van der Waals surface area contributed by atoms with Gasteiger partial charge in [0.2, 0.25) is 0 Å². The van der Waals surface area contributed by atoms with Gasteiger partial charge in [0, 0.05) is 0 Å². The van der Waals surface area contributed by atoms with Crippen LogP contribution in [-0.4, -0.2) is 25.1 Å². The van der Waals surface area contributed by atoms with Crippen molar-refractivity contribution in [1.82, 2.24) is 5.43 Å². The van der Waals surface area contributed by atoms with Crippen LogP contribution in [0, 0.1) is 0 Å². The molecule has 0 bridgehead atoms. The molecule has 0 aliphatic heterocycles. The summed E-state index contributed by atoms with van der Waals surface area (Å²) in [5, 5.41) is 6.47. The van der Waals surface area contributed by atoms with E-state index >= 15 is 0 Å². The van der Waals surface area contributed by atoms with Gasteiger partial charge in [0.1, 0.15) is 5.75 Å². The largest absolute Gasteiger partial charge is 0.497 e. The van der Waals surface area contributed by atoms with Gasteiger partial charge in [-0.05, 0) is 29.8 Å². The quantitative estimate of drug-likeness (QED) is 0.513. The van der Waals surface area contributed by atoms with Gasteiger partial charge in [-0.1, -0.05) is 35.9 Å². The predicted octanol–water partition coefficient (Wildman–Crippen LogP) is 2.44. The summed E-state index contributed by atoms with van der Waals surface area (Å²) in [4.78, 5) is 23.4. The molecule has 0 atom stereocenters. The van der Waals surface area contributed by atoms with Gasteiger partial charge >= 0.3 is 11.8 Å². The summed E-state index contributed by atoms with van der Waals surface area (Å²) in [6.07, 6.45) is 1.41. The molecule has 118 valence electrons. The molecule has 0 heterocycles. The summed E-state index contributed by atoms with van der Waals surface area (Å²) < 4.78 is 5.07. The number of amides is 2. The number of carbonyl (C=O) groups excluding carboxylic acids is 2. The molecule has 2 aromatic rings. The molecule has 2 aromatic carbocycles. The lowest BCUT2D eigenvalue weighted by molar-refractivity contribution is -0.136. The Kier molecular flexibility index (Phi) is 5.71. The first-order valence-electron chi connectivity index (χ1n) is 6.63. The van der Waals surface area contributed by atoms with Crippen LogP contribution in [0.1, 0.15) is 5.56 Å². The van der Waals surface area contributed by atoms with Crippen molar-refractivity contribution in [2.45, 2.75) is 0 Å². The number of nitrogens with one attached hydrogen (secondary N) is 2. The molecule has 2 N–H and O–H groups in total. The molecular weight excluding hydrogens is 318 g/mol. The Hall–Kier alpha value is -2.86. The molecule has 0 unspecified atom stereocenters. The van der Waals surface area contributed by atoms with Gasteiger partial charge in [0.05, 0.1) is 24.0 Å². The fourth-order valence-corrected chi connectivity index (χ4v) is 1.86. The van der Waals surface area contributed by atoms with E-state index in [1.807, 2.05) is 0 Å². The van der Waals surface area contributed by atoms with Crippen LogP contribution in [0.15, 0.2) is 53.6 Å². The molecule has 7 heteroatoms. The number of carbonyl (C=O) groups is 2. The number of halogens is 1. The number of nitrogens with zero attached hydrogens (tertiary/aromatic N) is 1. The van der Waals surface area contributed by atoms with Crippen LogP contribution in [0.25, 0.3) is 0 Å². The van der Waals surface area contributed by atoms with Crippen molar-refractivity contribution in [2.75, 3.05) is 12.4 Å². The van der Waals surface area contributed by atoms with Crippen molar-refractivity contribution >= 4 is 35.3 Å². The number of hydrogen-bond acceptors (Lipinski definition) is 4. The average molecular weight is 332 g/mol. The van der Waals surface area contributed by atoms with E-state index in [1.54, 1.807) is 55.6 Å². The van der Waals surface area contributed by atoms with Gasteiger partial charge in [-0.2, -0.15) is 5.10 Å². The topological polar surface area (TPSA) is 79.8 Å².